The van der Waals surface area contributed by atoms with Gasteiger partial charge in [-0.15, -0.1) is 0 Å². The molecule has 6 nitrogen and oxygen atoms in total. The highest BCUT2D eigenvalue weighted by molar-refractivity contribution is 5.96. The minimum absolute atomic E-state index is 0.00813. The first kappa shape index (κ1) is 24.5. The first-order chi connectivity index (χ1) is 15.9. The number of nitrogens with one attached hydrogen (secondary N) is 1. The van der Waals surface area contributed by atoms with Crippen LogP contribution in [0.3, 0.4) is 0 Å². The van der Waals surface area contributed by atoms with E-state index in [1.807, 2.05) is 44.2 Å². The Labute approximate surface area is 196 Å². The molecular formula is C27H34N2O4. The average molecular weight is 451 g/mol. The van der Waals surface area contributed by atoms with Crippen LogP contribution >= 0.6 is 0 Å². The minimum atomic E-state index is -0.873. The van der Waals surface area contributed by atoms with Gasteiger partial charge in [0.25, 0.3) is 0 Å². The summed E-state index contributed by atoms with van der Waals surface area (Å²) in [4.78, 5) is 24.9. The number of aryl methyl sites for hydroxylation is 1. The number of carboxylic acid groups (broad SMARTS) is 1. The number of carbonyl (C=O) groups excluding carboxylic acids is 1. The van der Waals surface area contributed by atoms with Crippen LogP contribution in [-0.2, 0) is 22.4 Å². The summed E-state index contributed by atoms with van der Waals surface area (Å²) in [6.07, 6.45) is 4.85. The fourth-order valence-corrected chi connectivity index (χ4v) is 3.90. The normalized spacial score (nSPS) is 12.9. The number of aliphatic carboxylic acids is 1. The number of hydrogen-bond acceptors (Lipinski definition) is 4. The van der Waals surface area contributed by atoms with Crippen molar-refractivity contribution in [3.63, 3.8) is 0 Å². The predicted octanol–water partition coefficient (Wildman–Crippen LogP) is 5.33. The predicted molar refractivity (Wildman–Crippen MR) is 130 cm³/mol. The Morgan fingerprint density at radius 1 is 1.12 bits per heavy atom. The number of amides is 1. The van der Waals surface area contributed by atoms with E-state index in [1.54, 1.807) is 4.90 Å². The van der Waals surface area contributed by atoms with Gasteiger partial charge in [-0.2, -0.15) is 0 Å². The second kappa shape index (κ2) is 11.6. The van der Waals surface area contributed by atoms with E-state index in [0.29, 0.717) is 49.1 Å². The van der Waals surface area contributed by atoms with E-state index in [1.165, 1.54) is 12.8 Å². The Hall–Kier alpha value is -3.15. The number of carbonyl (C=O) groups is 2. The Morgan fingerprint density at radius 2 is 1.88 bits per heavy atom. The third-order valence-electron chi connectivity index (χ3n) is 5.96. The quantitative estimate of drug-likeness (QED) is 0.338. The van der Waals surface area contributed by atoms with Gasteiger partial charge in [0.05, 0.1) is 13.0 Å². The van der Waals surface area contributed by atoms with Crippen molar-refractivity contribution in [1.82, 2.24) is 4.90 Å². The molecule has 0 unspecified atom stereocenters. The molecule has 6 heteroatoms. The smallest absolute Gasteiger partial charge is 0.307 e. The molecule has 33 heavy (non-hydrogen) atoms. The van der Waals surface area contributed by atoms with Crippen molar-refractivity contribution in [1.29, 1.82) is 5.41 Å². The largest absolute Gasteiger partial charge is 0.493 e. The Bertz CT molecular complexity index is 997. The molecular weight excluding hydrogens is 416 g/mol. The van der Waals surface area contributed by atoms with Crippen LogP contribution in [0.25, 0.3) is 11.1 Å². The van der Waals surface area contributed by atoms with Gasteiger partial charge in [-0.1, -0.05) is 37.3 Å². The maximum Gasteiger partial charge on any atom is 0.307 e. The van der Waals surface area contributed by atoms with Crippen molar-refractivity contribution in [3.8, 4) is 16.9 Å². The summed E-state index contributed by atoms with van der Waals surface area (Å²) < 4.78 is 5.89. The minimum Gasteiger partial charge on any atom is -0.493 e. The van der Waals surface area contributed by atoms with E-state index >= 15 is 0 Å². The van der Waals surface area contributed by atoms with Gasteiger partial charge < -0.3 is 14.7 Å². The van der Waals surface area contributed by atoms with Crippen LogP contribution in [0, 0.1) is 11.3 Å². The molecule has 2 aromatic carbocycles. The molecule has 1 aliphatic carbocycles. The standard InChI is InChI=1S/C27H34N2O4/c1-3-26(30)29(4-2)25(28)10-6-8-19-7-5-9-21(15-19)22-13-14-24(33-18-20-11-12-20)23(16-22)17-27(31)32/h5,7,9,13-16,20,28H,3-4,6,8,10-12,17-18H2,1-2H3,(H,31,32). The molecule has 0 radical (unpaired) electrons. The molecule has 0 aromatic heterocycles. The van der Waals surface area contributed by atoms with Gasteiger partial charge in [0.2, 0.25) is 5.91 Å². The van der Waals surface area contributed by atoms with E-state index in [2.05, 4.69) is 12.1 Å². The zero-order valence-electron chi connectivity index (χ0n) is 19.6. The first-order valence-corrected chi connectivity index (χ1v) is 11.9. The highest BCUT2D eigenvalue weighted by Gasteiger charge is 2.22. The molecule has 1 amide bonds. The SMILES string of the molecule is CCC(=O)N(CC)C(=N)CCCc1cccc(-c2ccc(OCC3CC3)c(CC(=O)O)c2)c1. The van der Waals surface area contributed by atoms with Crippen LogP contribution in [0.4, 0.5) is 0 Å². The third-order valence-corrected chi connectivity index (χ3v) is 5.96. The zero-order chi connectivity index (χ0) is 23.8. The maximum atomic E-state index is 12.0. The second-order valence-electron chi connectivity index (χ2n) is 8.64. The van der Waals surface area contributed by atoms with Crippen molar-refractivity contribution in [2.45, 2.75) is 58.8 Å². The Balaban J connectivity index is 1.67. The van der Waals surface area contributed by atoms with Crippen molar-refractivity contribution >= 4 is 17.7 Å². The van der Waals surface area contributed by atoms with Crippen LogP contribution in [0.5, 0.6) is 5.75 Å². The molecule has 1 fully saturated rings. The van der Waals surface area contributed by atoms with E-state index in [4.69, 9.17) is 10.1 Å². The lowest BCUT2D eigenvalue weighted by atomic mass is 9.97. The average Bonchev–Trinajstić information content (AvgIpc) is 3.63. The molecule has 0 aliphatic heterocycles. The van der Waals surface area contributed by atoms with E-state index in [-0.39, 0.29) is 12.3 Å². The Kier molecular flexibility index (Phi) is 8.64. The van der Waals surface area contributed by atoms with Crippen LogP contribution in [0.15, 0.2) is 42.5 Å². The van der Waals surface area contributed by atoms with E-state index < -0.39 is 5.97 Å². The topological polar surface area (TPSA) is 90.7 Å². The van der Waals surface area contributed by atoms with Gasteiger partial charge in [0, 0.05) is 24.9 Å². The van der Waals surface area contributed by atoms with Crippen LogP contribution < -0.4 is 4.74 Å². The van der Waals surface area contributed by atoms with Crippen molar-refractivity contribution in [2.75, 3.05) is 13.2 Å². The van der Waals surface area contributed by atoms with Crippen molar-refractivity contribution < 1.29 is 19.4 Å². The Morgan fingerprint density at radius 3 is 2.55 bits per heavy atom. The molecule has 176 valence electrons. The fourth-order valence-electron chi connectivity index (χ4n) is 3.90. The van der Waals surface area contributed by atoms with Crippen molar-refractivity contribution in [3.05, 3.63) is 53.6 Å². The van der Waals surface area contributed by atoms with Crippen LogP contribution in [-0.4, -0.2) is 40.9 Å². The molecule has 1 saturated carbocycles. The maximum absolute atomic E-state index is 12.0. The van der Waals surface area contributed by atoms with E-state index in [9.17, 15) is 14.7 Å². The van der Waals surface area contributed by atoms with Gasteiger partial charge in [-0.25, -0.2) is 0 Å². The monoisotopic (exact) mass is 450 g/mol. The van der Waals surface area contributed by atoms with Gasteiger partial charge in [-0.05, 0) is 67.3 Å². The van der Waals surface area contributed by atoms with Crippen molar-refractivity contribution in [2.24, 2.45) is 5.92 Å². The second-order valence-corrected chi connectivity index (χ2v) is 8.64. The molecule has 0 spiro atoms. The number of hydrogen-bond donors (Lipinski definition) is 2. The molecule has 2 aromatic rings. The molecule has 0 heterocycles. The highest BCUT2D eigenvalue weighted by Crippen LogP contribution is 2.32. The summed E-state index contributed by atoms with van der Waals surface area (Å²) in [7, 11) is 0. The van der Waals surface area contributed by atoms with Crippen LogP contribution in [0.2, 0.25) is 0 Å². The summed E-state index contributed by atoms with van der Waals surface area (Å²) in [5.41, 5.74) is 3.84. The number of ether oxygens (including phenoxy) is 1. The van der Waals surface area contributed by atoms with Crippen LogP contribution in [0.1, 0.15) is 57.1 Å². The third kappa shape index (κ3) is 7.17. The number of nitrogens with zero attached hydrogens (tertiary/aromatic N) is 1. The molecule has 0 bridgehead atoms. The lowest BCUT2D eigenvalue weighted by Crippen LogP contribution is -2.35. The number of rotatable bonds is 12. The van der Waals surface area contributed by atoms with E-state index in [0.717, 1.165) is 29.5 Å². The lowest BCUT2D eigenvalue weighted by Gasteiger charge is -2.21. The molecule has 0 saturated heterocycles. The molecule has 3 rings (SSSR count). The number of amidine groups is 1. The zero-order valence-corrected chi connectivity index (χ0v) is 19.6. The fraction of sp³-hybridized carbons (Fsp3) is 0.444. The van der Waals surface area contributed by atoms with Gasteiger partial charge in [0.15, 0.2) is 0 Å². The molecule has 2 N–H and O–H groups in total. The number of benzene rings is 2. The summed E-state index contributed by atoms with van der Waals surface area (Å²) in [6, 6.07) is 14.0. The lowest BCUT2D eigenvalue weighted by molar-refractivity contribution is -0.136. The summed E-state index contributed by atoms with van der Waals surface area (Å²) in [6.45, 7) is 4.89. The number of carboxylic acids is 1. The highest BCUT2D eigenvalue weighted by atomic mass is 16.5. The molecule has 1 aliphatic rings. The molecule has 0 atom stereocenters. The van der Waals surface area contributed by atoms with Gasteiger partial charge in [-0.3, -0.25) is 15.0 Å². The summed E-state index contributed by atoms with van der Waals surface area (Å²) in [5.74, 6) is 0.754. The summed E-state index contributed by atoms with van der Waals surface area (Å²) >= 11 is 0. The summed E-state index contributed by atoms with van der Waals surface area (Å²) in [5, 5.41) is 17.6. The van der Waals surface area contributed by atoms with Gasteiger partial charge >= 0.3 is 5.97 Å². The van der Waals surface area contributed by atoms with Gasteiger partial charge in [0.1, 0.15) is 11.6 Å². The first-order valence-electron chi connectivity index (χ1n) is 11.9.